The molecular weight excluding hydrogens is 188 g/mol. The lowest BCUT2D eigenvalue weighted by Crippen LogP contribution is -2.34. The van der Waals surface area contributed by atoms with Gasteiger partial charge in [-0.3, -0.25) is 10.9 Å². The van der Waals surface area contributed by atoms with Crippen LogP contribution in [0.25, 0.3) is 0 Å². The number of hydrogen-bond donors (Lipinski definition) is 6. The van der Waals surface area contributed by atoms with Crippen molar-refractivity contribution in [2.45, 2.75) is 26.7 Å². The predicted octanol–water partition coefficient (Wildman–Crippen LogP) is -1.14. The van der Waals surface area contributed by atoms with E-state index < -0.39 is 12.1 Å². The van der Waals surface area contributed by atoms with Crippen molar-refractivity contribution >= 4 is 12.1 Å². The van der Waals surface area contributed by atoms with E-state index in [0.29, 0.717) is 0 Å². The first kappa shape index (κ1) is 18.3. The van der Waals surface area contributed by atoms with E-state index in [1.165, 1.54) is 12.8 Å². The number of primary amides is 2. The van der Waals surface area contributed by atoms with Gasteiger partial charge >= 0.3 is 12.1 Å². The van der Waals surface area contributed by atoms with Crippen LogP contribution in [0.2, 0.25) is 0 Å². The molecule has 0 radical (unpaired) electrons. The van der Waals surface area contributed by atoms with E-state index >= 15 is 0 Å². The van der Waals surface area contributed by atoms with Crippen molar-refractivity contribution in [3.8, 4) is 0 Å². The van der Waals surface area contributed by atoms with Crippen molar-refractivity contribution in [1.29, 1.82) is 0 Å². The zero-order valence-corrected chi connectivity index (χ0v) is 8.54. The molecule has 0 aliphatic heterocycles. The minimum atomic E-state index is -0.718. The molecule has 0 saturated carbocycles. The van der Waals surface area contributed by atoms with E-state index in [2.05, 4.69) is 37.0 Å². The number of urea groups is 2. The number of hydrazine groups is 2. The lowest BCUT2D eigenvalue weighted by atomic mass is 10.4. The number of nitrogens with two attached hydrogens (primary N) is 4. The van der Waals surface area contributed by atoms with Gasteiger partial charge in [0, 0.05) is 0 Å². The van der Waals surface area contributed by atoms with Gasteiger partial charge in [-0.05, 0) is 0 Å². The first-order valence-electron chi connectivity index (χ1n) is 3.98. The molecule has 0 rings (SSSR count). The Balaban J connectivity index is -0.000000131. The van der Waals surface area contributed by atoms with Crippen LogP contribution in [0.3, 0.4) is 0 Å². The van der Waals surface area contributed by atoms with Gasteiger partial charge in [0.05, 0.1) is 0 Å². The standard InChI is InChI=1S/C4H10.2CH5N3O/c1-3-4-2;2*2-1(5)4-3/h3-4H2,1-2H3;2*3H2,(H3,2,4,5). The molecule has 4 amide bonds. The summed E-state index contributed by atoms with van der Waals surface area (Å²) in [6.45, 7) is 4.36. The number of amides is 4. The van der Waals surface area contributed by atoms with Crippen LogP contribution in [0.5, 0.6) is 0 Å². The number of unbranched alkanes of at least 4 members (excludes halogenated alkanes) is 1. The Morgan fingerprint density at radius 2 is 1.07 bits per heavy atom. The third-order valence-electron chi connectivity index (χ3n) is 0.785. The monoisotopic (exact) mass is 208 g/mol. The molecule has 86 valence electrons. The second-order valence-corrected chi connectivity index (χ2v) is 2.02. The molecule has 0 aliphatic rings. The van der Waals surface area contributed by atoms with E-state index in [1.54, 1.807) is 10.9 Å². The van der Waals surface area contributed by atoms with E-state index in [-0.39, 0.29) is 0 Å². The minimum Gasteiger partial charge on any atom is -0.351 e. The highest BCUT2D eigenvalue weighted by Gasteiger charge is 1.73. The first-order chi connectivity index (χ1) is 6.45. The normalized spacial score (nSPS) is 6.86. The first-order valence-corrected chi connectivity index (χ1v) is 3.98. The van der Waals surface area contributed by atoms with Crippen LogP contribution in [-0.2, 0) is 0 Å². The van der Waals surface area contributed by atoms with E-state index in [4.69, 9.17) is 0 Å². The van der Waals surface area contributed by atoms with Gasteiger partial charge in [-0.15, -0.1) is 0 Å². The molecule has 0 saturated heterocycles. The molecule has 0 aliphatic carbocycles. The molecule has 0 bridgehead atoms. The van der Waals surface area contributed by atoms with Gasteiger partial charge in [-0.1, -0.05) is 26.7 Å². The second-order valence-electron chi connectivity index (χ2n) is 2.02. The molecule has 0 aromatic carbocycles. The van der Waals surface area contributed by atoms with Crippen molar-refractivity contribution < 1.29 is 9.59 Å². The summed E-state index contributed by atoms with van der Waals surface area (Å²) in [6.07, 6.45) is 2.64. The Hall–Kier alpha value is -1.54. The molecule has 0 fully saturated rings. The predicted molar refractivity (Wildman–Crippen MR) is 54.4 cm³/mol. The Morgan fingerprint density at radius 3 is 1.07 bits per heavy atom. The number of rotatable bonds is 1. The van der Waals surface area contributed by atoms with E-state index in [0.717, 1.165) is 0 Å². The topological polar surface area (TPSA) is 162 Å². The number of carbonyl (C=O) groups is 2. The highest BCUT2D eigenvalue weighted by Crippen LogP contribution is 1.76. The van der Waals surface area contributed by atoms with Gasteiger partial charge in [-0.2, -0.15) is 0 Å². The summed E-state index contributed by atoms with van der Waals surface area (Å²) >= 11 is 0. The summed E-state index contributed by atoms with van der Waals surface area (Å²) in [4.78, 5) is 18.7. The molecule has 8 heteroatoms. The Kier molecular flexibility index (Phi) is 22.9. The van der Waals surface area contributed by atoms with Crippen LogP contribution < -0.4 is 34.0 Å². The quantitative estimate of drug-likeness (QED) is 0.182. The highest BCUT2D eigenvalue weighted by atomic mass is 16.2. The third kappa shape index (κ3) is 78.2. The molecule has 10 N–H and O–H groups in total. The zero-order chi connectivity index (χ0) is 12.0. The summed E-state index contributed by atoms with van der Waals surface area (Å²) in [5.41, 5.74) is 12.2. The van der Waals surface area contributed by atoms with E-state index in [9.17, 15) is 9.59 Å². The molecule has 14 heavy (non-hydrogen) atoms. The Bertz CT molecular complexity index is 124. The summed E-state index contributed by atoms with van der Waals surface area (Å²) in [5.74, 6) is 8.89. The van der Waals surface area contributed by atoms with Crippen LogP contribution in [0.15, 0.2) is 0 Å². The van der Waals surface area contributed by atoms with Crippen LogP contribution in [0.1, 0.15) is 26.7 Å². The highest BCUT2D eigenvalue weighted by molar-refractivity contribution is 5.70. The van der Waals surface area contributed by atoms with Crippen LogP contribution in [-0.4, -0.2) is 12.1 Å². The van der Waals surface area contributed by atoms with Crippen LogP contribution in [0, 0.1) is 0 Å². The van der Waals surface area contributed by atoms with Gasteiger partial charge in [0.25, 0.3) is 0 Å². The fourth-order valence-electron chi connectivity index (χ4n) is 0. The van der Waals surface area contributed by atoms with Crippen molar-refractivity contribution in [3.63, 3.8) is 0 Å². The minimum absolute atomic E-state index is 0.718. The van der Waals surface area contributed by atoms with Gasteiger partial charge in [0.1, 0.15) is 0 Å². The fraction of sp³-hybridized carbons (Fsp3) is 0.667. The zero-order valence-electron chi connectivity index (χ0n) is 8.54. The van der Waals surface area contributed by atoms with Gasteiger partial charge in [0.15, 0.2) is 0 Å². The molecule has 0 aromatic rings. The lowest BCUT2D eigenvalue weighted by Gasteiger charge is -1.81. The number of carbonyl (C=O) groups excluding carboxylic acids is 2. The average molecular weight is 208 g/mol. The maximum Gasteiger partial charge on any atom is 0.326 e. The lowest BCUT2D eigenvalue weighted by molar-refractivity contribution is 0.248. The third-order valence-corrected chi connectivity index (χ3v) is 0.785. The van der Waals surface area contributed by atoms with Crippen molar-refractivity contribution in [1.82, 2.24) is 10.9 Å². The fourth-order valence-corrected chi connectivity index (χ4v) is 0. The number of nitrogens with one attached hydrogen (secondary N) is 2. The van der Waals surface area contributed by atoms with E-state index in [1.807, 2.05) is 0 Å². The molecule has 0 atom stereocenters. The molecule has 0 unspecified atom stereocenters. The maximum atomic E-state index is 9.35. The largest absolute Gasteiger partial charge is 0.351 e. The second kappa shape index (κ2) is 17.5. The molecule has 0 heterocycles. The summed E-state index contributed by atoms with van der Waals surface area (Å²) in [6, 6.07) is -1.44. The van der Waals surface area contributed by atoms with Gasteiger partial charge in [-0.25, -0.2) is 21.3 Å². The summed E-state index contributed by atoms with van der Waals surface area (Å²) in [5, 5.41) is 0. The Labute approximate surface area is 83.3 Å². The van der Waals surface area contributed by atoms with Crippen LogP contribution >= 0.6 is 0 Å². The average Bonchev–Trinajstić information content (AvgIpc) is 2.19. The van der Waals surface area contributed by atoms with Gasteiger partial charge < -0.3 is 11.5 Å². The maximum absolute atomic E-state index is 9.35. The van der Waals surface area contributed by atoms with Crippen LogP contribution in [0.4, 0.5) is 9.59 Å². The number of hydrogen-bond acceptors (Lipinski definition) is 4. The summed E-state index contributed by atoms with van der Waals surface area (Å²) in [7, 11) is 0. The molecular formula is C6H20N6O2. The van der Waals surface area contributed by atoms with Gasteiger partial charge in [0.2, 0.25) is 0 Å². The SMILES string of the molecule is CCCC.NNC(N)=O.NNC(N)=O. The summed E-state index contributed by atoms with van der Waals surface area (Å²) < 4.78 is 0. The van der Waals surface area contributed by atoms with Crippen molar-refractivity contribution in [2.75, 3.05) is 0 Å². The molecule has 8 nitrogen and oxygen atoms in total. The van der Waals surface area contributed by atoms with Crippen molar-refractivity contribution in [3.05, 3.63) is 0 Å². The molecule has 0 spiro atoms. The Morgan fingerprint density at radius 1 is 0.929 bits per heavy atom. The molecule has 0 aromatic heterocycles. The van der Waals surface area contributed by atoms with Crippen molar-refractivity contribution in [2.24, 2.45) is 23.2 Å². The smallest absolute Gasteiger partial charge is 0.326 e.